The first-order valence-corrected chi connectivity index (χ1v) is 12.2. The Morgan fingerprint density at radius 1 is 1.03 bits per heavy atom. The Kier molecular flexibility index (Phi) is 6.33. The zero-order valence-electron chi connectivity index (χ0n) is 18.4. The molecule has 0 N–H and O–H groups in total. The summed E-state index contributed by atoms with van der Waals surface area (Å²) in [7, 11) is 3.16. The zero-order chi connectivity index (χ0) is 23.5. The van der Waals surface area contributed by atoms with Crippen LogP contribution in [0, 0.1) is 0 Å². The van der Waals surface area contributed by atoms with Gasteiger partial charge in [-0.1, -0.05) is 47.3 Å². The summed E-state index contributed by atoms with van der Waals surface area (Å²) in [6.07, 6.45) is 0. The van der Waals surface area contributed by atoms with Gasteiger partial charge >= 0.3 is 0 Å². The third kappa shape index (κ3) is 4.42. The second-order valence-corrected chi connectivity index (χ2v) is 9.14. The van der Waals surface area contributed by atoms with Crippen LogP contribution in [0.3, 0.4) is 0 Å². The van der Waals surface area contributed by atoms with Gasteiger partial charge in [0.15, 0.2) is 16.7 Å². The minimum Gasteiger partial charge on any atom is -0.493 e. The predicted octanol–water partition coefficient (Wildman–Crippen LogP) is 4.87. The van der Waals surface area contributed by atoms with Crippen LogP contribution in [-0.4, -0.2) is 33.9 Å². The van der Waals surface area contributed by atoms with Crippen LogP contribution in [0.5, 0.6) is 11.5 Å². The summed E-state index contributed by atoms with van der Waals surface area (Å²) in [5, 5.41) is 6.58. The van der Waals surface area contributed by atoms with Crippen LogP contribution in [0.1, 0.15) is 11.5 Å². The van der Waals surface area contributed by atoms with E-state index in [-0.39, 0.29) is 5.56 Å². The summed E-state index contributed by atoms with van der Waals surface area (Å²) in [4.78, 5) is 22.4. The summed E-state index contributed by atoms with van der Waals surface area (Å²) in [6.45, 7) is 0.434. The predicted molar refractivity (Wildman–Crippen MR) is 132 cm³/mol. The molecule has 0 aliphatic rings. The number of aromatic nitrogens is 4. The smallest absolute Gasteiger partial charge is 0.272 e. The van der Waals surface area contributed by atoms with Gasteiger partial charge < -0.3 is 14.0 Å². The van der Waals surface area contributed by atoms with E-state index >= 15 is 0 Å². The highest BCUT2D eigenvalue weighted by atomic mass is 32.2. The zero-order valence-corrected chi connectivity index (χ0v) is 20.1. The average molecular weight is 493 g/mol. The third-order valence-corrected chi connectivity index (χ3v) is 7.00. The summed E-state index contributed by atoms with van der Waals surface area (Å²) < 4.78 is 18.4. The minimum atomic E-state index is -0.0529. The van der Waals surface area contributed by atoms with E-state index in [1.54, 1.807) is 30.9 Å². The number of nitrogens with zero attached hydrogens (tertiary/aromatic N) is 4. The van der Waals surface area contributed by atoms with Crippen LogP contribution in [0.2, 0.25) is 0 Å². The highest BCUT2D eigenvalue weighted by Gasteiger charge is 2.16. The van der Waals surface area contributed by atoms with Gasteiger partial charge in [-0.05, 0) is 35.2 Å². The molecule has 8 nitrogen and oxygen atoms in total. The minimum absolute atomic E-state index is 0.0529. The molecule has 3 aromatic heterocycles. The number of hydrogen-bond donors (Lipinski definition) is 0. The van der Waals surface area contributed by atoms with Gasteiger partial charge in [-0.2, -0.15) is 4.98 Å². The molecular formula is C24H20N4O4S2. The van der Waals surface area contributed by atoms with E-state index in [9.17, 15) is 4.79 Å². The van der Waals surface area contributed by atoms with Crippen molar-refractivity contribution < 1.29 is 14.0 Å². The fourth-order valence-electron chi connectivity index (χ4n) is 3.47. The van der Waals surface area contributed by atoms with E-state index in [0.717, 1.165) is 11.1 Å². The molecule has 0 atom stereocenters. The topological polar surface area (TPSA) is 92.3 Å². The Hall–Kier alpha value is -3.63. The lowest BCUT2D eigenvalue weighted by molar-refractivity contribution is 0.355. The molecule has 0 amide bonds. The van der Waals surface area contributed by atoms with Gasteiger partial charge in [0, 0.05) is 5.56 Å². The fourth-order valence-corrected chi connectivity index (χ4v) is 5.09. The normalized spacial score (nSPS) is 11.1. The molecule has 5 rings (SSSR count). The monoisotopic (exact) mass is 492 g/mol. The van der Waals surface area contributed by atoms with Gasteiger partial charge in [0.2, 0.25) is 11.7 Å². The molecule has 0 saturated carbocycles. The molecule has 0 saturated heterocycles. The standard InChI is InChI=1S/C24H20N4O4S2/c1-30-18-9-8-16(12-19(18)31-2)22-26-20(32-27-22)14-34-24-25-17-10-11-33-21(17)23(29)28(24)13-15-6-4-3-5-7-15/h3-12H,13-14H2,1-2H3. The lowest BCUT2D eigenvalue weighted by Gasteiger charge is -2.11. The van der Waals surface area contributed by atoms with Crippen molar-refractivity contribution >= 4 is 33.3 Å². The van der Waals surface area contributed by atoms with E-state index in [0.29, 0.717) is 50.9 Å². The van der Waals surface area contributed by atoms with Crippen molar-refractivity contribution in [3.63, 3.8) is 0 Å². The molecule has 0 bridgehead atoms. The van der Waals surface area contributed by atoms with Crippen LogP contribution in [0.4, 0.5) is 0 Å². The lowest BCUT2D eigenvalue weighted by Crippen LogP contribution is -2.23. The maximum absolute atomic E-state index is 13.2. The second kappa shape index (κ2) is 9.70. The summed E-state index contributed by atoms with van der Waals surface area (Å²) in [6, 6.07) is 17.1. The van der Waals surface area contributed by atoms with Crippen LogP contribution in [-0.2, 0) is 12.3 Å². The number of rotatable bonds is 8. The van der Waals surface area contributed by atoms with Crippen LogP contribution in [0.15, 0.2) is 74.5 Å². The number of ether oxygens (including phenoxy) is 2. The number of thiophene rings is 1. The quantitative estimate of drug-likeness (QED) is 0.224. The van der Waals surface area contributed by atoms with Crippen molar-refractivity contribution in [3.8, 4) is 22.9 Å². The second-order valence-electron chi connectivity index (χ2n) is 7.28. The first-order chi connectivity index (χ1) is 16.7. The average Bonchev–Trinajstić information content (AvgIpc) is 3.55. The molecule has 3 heterocycles. The van der Waals surface area contributed by atoms with E-state index in [1.165, 1.54) is 23.1 Å². The van der Waals surface area contributed by atoms with Crippen molar-refractivity contribution in [2.45, 2.75) is 17.5 Å². The molecule has 0 radical (unpaired) electrons. The van der Waals surface area contributed by atoms with Gasteiger partial charge in [0.25, 0.3) is 5.56 Å². The van der Waals surface area contributed by atoms with Crippen molar-refractivity contribution in [1.29, 1.82) is 0 Å². The van der Waals surface area contributed by atoms with E-state index in [4.69, 9.17) is 19.0 Å². The Morgan fingerprint density at radius 3 is 2.65 bits per heavy atom. The first-order valence-electron chi connectivity index (χ1n) is 10.4. The maximum atomic E-state index is 13.2. The molecule has 0 aliphatic heterocycles. The van der Waals surface area contributed by atoms with Gasteiger partial charge in [0.05, 0.1) is 32.0 Å². The number of fused-ring (bicyclic) bond motifs is 1. The Bertz CT molecular complexity index is 1490. The molecule has 0 aliphatic carbocycles. The number of thioether (sulfide) groups is 1. The molecule has 10 heteroatoms. The van der Waals surface area contributed by atoms with Gasteiger partial charge in [-0.3, -0.25) is 9.36 Å². The lowest BCUT2D eigenvalue weighted by atomic mass is 10.2. The van der Waals surface area contributed by atoms with Crippen LogP contribution < -0.4 is 15.0 Å². The molecular weight excluding hydrogens is 472 g/mol. The van der Waals surface area contributed by atoms with E-state index in [1.807, 2.05) is 47.8 Å². The van der Waals surface area contributed by atoms with Gasteiger partial charge in [0.1, 0.15) is 4.70 Å². The number of benzene rings is 2. The van der Waals surface area contributed by atoms with Crippen molar-refractivity contribution in [1.82, 2.24) is 19.7 Å². The Morgan fingerprint density at radius 2 is 1.85 bits per heavy atom. The molecule has 5 aromatic rings. The summed E-state index contributed by atoms with van der Waals surface area (Å²) in [5.41, 5.74) is 2.41. The van der Waals surface area contributed by atoms with E-state index in [2.05, 4.69) is 10.1 Å². The van der Waals surface area contributed by atoms with Crippen molar-refractivity contribution in [2.75, 3.05) is 14.2 Å². The molecule has 0 fully saturated rings. The maximum Gasteiger partial charge on any atom is 0.272 e. The molecule has 172 valence electrons. The fraction of sp³-hybridized carbons (Fsp3) is 0.167. The van der Waals surface area contributed by atoms with E-state index < -0.39 is 0 Å². The third-order valence-electron chi connectivity index (χ3n) is 5.15. The summed E-state index contributed by atoms with van der Waals surface area (Å²) in [5.74, 6) is 2.45. The van der Waals surface area contributed by atoms with Crippen molar-refractivity contribution in [3.05, 3.63) is 81.8 Å². The van der Waals surface area contributed by atoms with Crippen LogP contribution in [0.25, 0.3) is 21.6 Å². The number of methoxy groups -OCH3 is 2. The molecule has 2 aromatic carbocycles. The SMILES string of the molecule is COc1ccc(-c2noc(CSc3nc4ccsc4c(=O)n3Cc3ccccc3)n2)cc1OC. The molecule has 0 unspecified atom stereocenters. The molecule has 34 heavy (non-hydrogen) atoms. The molecule has 0 spiro atoms. The Labute approximate surface area is 203 Å². The van der Waals surface area contributed by atoms with Crippen LogP contribution >= 0.6 is 23.1 Å². The first kappa shape index (κ1) is 22.2. The Balaban J connectivity index is 1.41. The van der Waals surface area contributed by atoms with Crippen molar-refractivity contribution in [2.24, 2.45) is 0 Å². The largest absolute Gasteiger partial charge is 0.493 e. The summed E-state index contributed by atoms with van der Waals surface area (Å²) >= 11 is 2.79. The number of hydrogen-bond acceptors (Lipinski definition) is 9. The highest BCUT2D eigenvalue weighted by Crippen LogP contribution is 2.32. The van der Waals surface area contributed by atoms with Gasteiger partial charge in [-0.25, -0.2) is 4.98 Å². The highest BCUT2D eigenvalue weighted by molar-refractivity contribution is 7.98. The van der Waals surface area contributed by atoms with Gasteiger partial charge in [-0.15, -0.1) is 11.3 Å².